The third-order valence-corrected chi connectivity index (χ3v) is 8.87. The first-order valence-electron chi connectivity index (χ1n) is 13.4. The molecular formula is C31H38N2OS. The van der Waals surface area contributed by atoms with E-state index in [2.05, 4.69) is 68.3 Å². The number of carbonyl (C=O) groups is 1. The molecule has 1 aromatic heterocycles. The lowest BCUT2D eigenvalue weighted by molar-refractivity contribution is -0.130. The lowest BCUT2D eigenvalue weighted by Gasteiger charge is -2.16. The Morgan fingerprint density at radius 3 is 2.77 bits per heavy atom. The van der Waals surface area contributed by atoms with Gasteiger partial charge in [-0.05, 0) is 97.6 Å². The molecule has 35 heavy (non-hydrogen) atoms. The Morgan fingerprint density at radius 1 is 1.17 bits per heavy atom. The number of nitrogens with zero attached hydrogens (tertiary/aromatic N) is 2. The normalized spacial score (nSPS) is 17.4. The maximum Gasteiger partial charge on any atom is 0.222 e. The molecule has 1 saturated heterocycles. The third kappa shape index (κ3) is 5.38. The van der Waals surface area contributed by atoms with Crippen LogP contribution in [0.4, 0.5) is 0 Å². The maximum atomic E-state index is 12.4. The highest BCUT2D eigenvalue weighted by Crippen LogP contribution is 2.43. The molecule has 2 aromatic carbocycles. The summed E-state index contributed by atoms with van der Waals surface area (Å²) in [5.74, 6) is 1.61. The molecule has 3 nitrogen and oxygen atoms in total. The van der Waals surface area contributed by atoms with E-state index in [9.17, 15) is 4.79 Å². The molecule has 184 valence electrons. The summed E-state index contributed by atoms with van der Waals surface area (Å²) in [6, 6.07) is 13.6. The van der Waals surface area contributed by atoms with Crippen LogP contribution in [0, 0.1) is 12.8 Å². The molecule has 2 heterocycles. The summed E-state index contributed by atoms with van der Waals surface area (Å²) >= 11 is 1.81. The lowest BCUT2D eigenvalue weighted by Crippen LogP contribution is -2.27. The van der Waals surface area contributed by atoms with Crippen molar-refractivity contribution in [3.63, 3.8) is 0 Å². The number of aromatic nitrogens is 1. The summed E-state index contributed by atoms with van der Waals surface area (Å²) < 4.78 is 0. The van der Waals surface area contributed by atoms with Gasteiger partial charge < -0.3 is 4.90 Å². The first-order chi connectivity index (χ1) is 17.0. The molecule has 1 aliphatic heterocycles. The van der Waals surface area contributed by atoms with E-state index < -0.39 is 0 Å². The summed E-state index contributed by atoms with van der Waals surface area (Å²) in [6.45, 7) is 8.70. The number of amides is 1. The van der Waals surface area contributed by atoms with Crippen LogP contribution < -0.4 is 0 Å². The summed E-state index contributed by atoms with van der Waals surface area (Å²) in [7, 11) is 0. The molecule has 3 aromatic rings. The lowest BCUT2D eigenvalue weighted by atomic mass is 9.94. The number of fused-ring (bicyclic) bond motifs is 1. The second-order valence-corrected chi connectivity index (χ2v) is 11.9. The molecule has 1 unspecified atom stereocenters. The SMILES string of the molecule is Cc1cc(-c2ncc(-c3cccc4c3CCC4CCCC(=O)N3CCCC3)s2)ccc1CC(C)C. The van der Waals surface area contributed by atoms with E-state index in [1.54, 1.807) is 0 Å². The van der Waals surface area contributed by atoms with Crippen LogP contribution in [0.3, 0.4) is 0 Å². The minimum atomic E-state index is 0.360. The van der Waals surface area contributed by atoms with E-state index in [0.717, 1.165) is 43.8 Å². The van der Waals surface area contributed by atoms with Crippen molar-refractivity contribution in [2.24, 2.45) is 5.92 Å². The molecule has 0 spiro atoms. The number of hydrogen-bond acceptors (Lipinski definition) is 3. The number of benzene rings is 2. The summed E-state index contributed by atoms with van der Waals surface area (Å²) in [5.41, 5.74) is 8.38. The third-order valence-electron chi connectivity index (χ3n) is 7.79. The quantitative estimate of drug-likeness (QED) is 0.325. The van der Waals surface area contributed by atoms with Crippen LogP contribution in [0.1, 0.15) is 80.5 Å². The number of thiazole rings is 1. The van der Waals surface area contributed by atoms with Gasteiger partial charge in [0.05, 0.1) is 4.88 Å². The van der Waals surface area contributed by atoms with E-state index in [4.69, 9.17) is 4.98 Å². The van der Waals surface area contributed by atoms with Crippen molar-refractivity contribution in [1.82, 2.24) is 9.88 Å². The van der Waals surface area contributed by atoms with Gasteiger partial charge in [0.15, 0.2) is 0 Å². The van der Waals surface area contributed by atoms with Crippen molar-refractivity contribution in [2.75, 3.05) is 13.1 Å². The molecule has 1 fully saturated rings. The Balaban J connectivity index is 1.28. The minimum Gasteiger partial charge on any atom is -0.343 e. The number of aryl methyl sites for hydroxylation is 1. The van der Waals surface area contributed by atoms with Crippen LogP contribution in [0.25, 0.3) is 21.0 Å². The molecule has 1 amide bonds. The van der Waals surface area contributed by atoms with E-state index in [1.165, 1.54) is 57.5 Å². The molecule has 1 atom stereocenters. The van der Waals surface area contributed by atoms with Gasteiger partial charge in [-0.2, -0.15) is 0 Å². The van der Waals surface area contributed by atoms with E-state index in [-0.39, 0.29) is 0 Å². The van der Waals surface area contributed by atoms with Crippen molar-refractivity contribution >= 4 is 17.2 Å². The van der Waals surface area contributed by atoms with Crippen molar-refractivity contribution in [2.45, 2.75) is 78.1 Å². The number of rotatable bonds is 8. The van der Waals surface area contributed by atoms with Crippen LogP contribution in [0.15, 0.2) is 42.6 Å². The van der Waals surface area contributed by atoms with Gasteiger partial charge in [-0.15, -0.1) is 11.3 Å². The average Bonchev–Trinajstić information content (AvgIpc) is 3.61. The number of hydrogen-bond donors (Lipinski definition) is 0. The summed E-state index contributed by atoms with van der Waals surface area (Å²) in [6.07, 6.45) is 10.7. The predicted molar refractivity (Wildman–Crippen MR) is 147 cm³/mol. The standard InChI is InChI=1S/C31H38N2OS/c1-21(2)18-24-12-13-25(19-22(24)3)31-32-20-29(35-31)28-10-7-9-26-23(14-15-27(26)28)8-6-11-30(34)33-16-4-5-17-33/h7,9-10,12-13,19-21,23H,4-6,8,11,14-18H2,1-3H3. The van der Waals surface area contributed by atoms with Gasteiger partial charge in [0.25, 0.3) is 0 Å². The van der Waals surface area contributed by atoms with Gasteiger partial charge in [0.1, 0.15) is 5.01 Å². The van der Waals surface area contributed by atoms with Crippen LogP contribution in [-0.2, 0) is 17.6 Å². The Bertz CT molecular complexity index is 1190. The topological polar surface area (TPSA) is 33.2 Å². The van der Waals surface area contributed by atoms with Crippen molar-refractivity contribution in [3.8, 4) is 21.0 Å². The summed E-state index contributed by atoms with van der Waals surface area (Å²) in [5, 5.41) is 1.10. The monoisotopic (exact) mass is 486 g/mol. The fraction of sp³-hybridized carbons (Fsp3) is 0.484. The highest BCUT2D eigenvalue weighted by atomic mass is 32.1. The molecular weight excluding hydrogens is 448 g/mol. The molecule has 0 N–H and O–H groups in total. The Hall–Kier alpha value is -2.46. The van der Waals surface area contributed by atoms with E-state index in [0.29, 0.717) is 24.2 Å². The second-order valence-electron chi connectivity index (χ2n) is 10.9. The Labute approximate surface area is 214 Å². The number of likely N-dealkylation sites (tertiary alicyclic amines) is 1. The number of carbonyl (C=O) groups excluding carboxylic acids is 1. The fourth-order valence-corrected chi connectivity index (χ4v) is 6.89. The molecule has 0 radical (unpaired) electrons. The van der Waals surface area contributed by atoms with E-state index in [1.807, 2.05) is 11.3 Å². The van der Waals surface area contributed by atoms with Crippen molar-refractivity contribution < 1.29 is 4.79 Å². The molecule has 4 heteroatoms. The Kier molecular flexibility index (Phi) is 7.38. The Morgan fingerprint density at radius 2 is 2.00 bits per heavy atom. The van der Waals surface area contributed by atoms with Crippen LogP contribution in [-0.4, -0.2) is 28.9 Å². The van der Waals surface area contributed by atoms with Gasteiger partial charge in [-0.3, -0.25) is 4.79 Å². The van der Waals surface area contributed by atoms with Gasteiger partial charge >= 0.3 is 0 Å². The zero-order valence-corrected chi connectivity index (χ0v) is 22.3. The maximum absolute atomic E-state index is 12.4. The average molecular weight is 487 g/mol. The van der Waals surface area contributed by atoms with Crippen LogP contribution >= 0.6 is 11.3 Å². The zero-order valence-electron chi connectivity index (χ0n) is 21.5. The zero-order chi connectivity index (χ0) is 24.4. The highest BCUT2D eigenvalue weighted by molar-refractivity contribution is 7.18. The van der Waals surface area contributed by atoms with E-state index >= 15 is 0 Å². The summed E-state index contributed by atoms with van der Waals surface area (Å²) in [4.78, 5) is 20.6. The molecule has 2 aliphatic rings. The molecule has 5 rings (SSSR count). The van der Waals surface area contributed by atoms with Gasteiger partial charge in [-0.1, -0.05) is 44.2 Å². The first kappa shape index (κ1) is 24.2. The molecule has 1 aliphatic carbocycles. The van der Waals surface area contributed by atoms with Crippen molar-refractivity contribution in [3.05, 3.63) is 64.8 Å². The predicted octanol–water partition coefficient (Wildman–Crippen LogP) is 7.81. The van der Waals surface area contributed by atoms with Crippen molar-refractivity contribution in [1.29, 1.82) is 0 Å². The fourth-order valence-electron chi connectivity index (χ4n) is 5.93. The minimum absolute atomic E-state index is 0.360. The van der Waals surface area contributed by atoms with Gasteiger partial charge in [0.2, 0.25) is 5.91 Å². The smallest absolute Gasteiger partial charge is 0.222 e. The largest absolute Gasteiger partial charge is 0.343 e. The van der Waals surface area contributed by atoms with Gasteiger partial charge in [0, 0.05) is 31.3 Å². The van der Waals surface area contributed by atoms with Crippen LogP contribution in [0.5, 0.6) is 0 Å². The van der Waals surface area contributed by atoms with Crippen LogP contribution in [0.2, 0.25) is 0 Å². The highest BCUT2D eigenvalue weighted by Gasteiger charge is 2.26. The second kappa shape index (κ2) is 10.7. The molecule has 0 bridgehead atoms. The first-order valence-corrected chi connectivity index (χ1v) is 14.3. The molecule has 0 saturated carbocycles. The van der Waals surface area contributed by atoms with Gasteiger partial charge in [-0.25, -0.2) is 4.98 Å².